The Kier molecular flexibility index (Phi) is 3.21. The van der Waals surface area contributed by atoms with Crippen molar-refractivity contribution in [2.45, 2.75) is 0 Å². The van der Waals surface area contributed by atoms with Crippen molar-refractivity contribution >= 4 is 5.95 Å². The van der Waals surface area contributed by atoms with Crippen molar-refractivity contribution in [3.63, 3.8) is 0 Å². The summed E-state index contributed by atoms with van der Waals surface area (Å²) in [5, 5.41) is 12.3. The molecule has 0 unspecified atom stereocenters. The van der Waals surface area contributed by atoms with Crippen LogP contribution in [0.3, 0.4) is 0 Å². The van der Waals surface area contributed by atoms with Crippen LogP contribution in [0.5, 0.6) is 5.88 Å². The van der Waals surface area contributed by atoms with Gasteiger partial charge < -0.3 is 19.9 Å². The van der Waals surface area contributed by atoms with E-state index in [0.29, 0.717) is 31.6 Å². The van der Waals surface area contributed by atoms with E-state index in [4.69, 9.17) is 9.47 Å². The van der Waals surface area contributed by atoms with E-state index >= 15 is 0 Å². The van der Waals surface area contributed by atoms with Crippen molar-refractivity contribution < 1.29 is 14.6 Å². The van der Waals surface area contributed by atoms with Crippen LogP contribution in [0.15, 0.2) is 12.3 Å². The van der Waals surface area contributed by atoms with Crippen LogP contribution in [0.25, 0.3) is 0 Å². The fourth-order valence-electron chi connectivity index (χ4n) is 1.45. The van der Waals surface area contributed by atoms with Gasteiger partial charge in [-0.3, -0.25) is 0 Å². The van der Waals surface area contributed by atoms with Gasteiger partial charge in [-0.15, -0.1) is 0 Å². The van der Waals surface area contributed by atoms with Crippen molar-refractivity contribution in [3.8, 4) is 5.88 Å². The van der Waals surface area contributed by atoms with Crippen LogP contribution < -0.4 is 10.1 Å². The van der Waals surface area contributed by atoms with Gasteiger partial charge in [-0.05, 0) is 0 Å². The Hall–Kier alpha value is -1.40. The van der Waals surface area contributed by atoms with Crippen molar-refractivity contribution in [2.75, 3.05) is 38.8 Å². The molecule has 0 bridgehead atoms. The number of methoxy groups -OCH3 is 1. The number of hydrogen-bond acceptors (Lipinski definition) is 6. The first kappa shape index (κ1) is 11.1. The Morgan fingerprint density at radius 3 is 3.00 bits per heavy atom. The molecule has 0 aliphatic carbocycles. The third kappa shape index (κ3) is 2.23. The molecule has 16 heavy (non-hydrogen) atoms. The average Bonchev–Trinajstić information content (AvgIpc) is 2.29. The summed E-state index contributed by atoms with van der Waals surface area (Å²) >= 11 is 0. The fourth-order valence-corrected chi connectivity index (χ4v) is 1.45. The lowest BCUT2D eigenvalue weighted by Crippen LogP contribution is -2.50. The van der Waals surface area contributed by atoms with E-state index in [1.54, 1.807) is 19.4 Å². The highest BCUT2D eigenvalue weighted by Gasteiger charge is 2.38. The Morgan fingerprint density at radius 2 is 2.44 bits per heavy atom. The summed E-state index contributed by atoms with van der Waals surface area (Å²) in [6.45, 7) is 1.83. The summed E-state index contributed by atoms with van der Waals surface area (Å²) in [4.78, 5) is 8.18. The molecule has 1 aliphatic heterocycles. The minimum atomic E-state index is -0.188. The van der Waals surface area contributed by atoms with Gasteiger partial charge in [-0.1, -0.05) is 0 Å². The van der Waals surface area contributed by atoms with E-state index in [9.17, 15) is 5.11 Å². The monoisotopic (exact) mass is 225 g/mol. The van der Waals surface area contributed by atoms with Gasteiger partial charge in [-0.25, -0.2) is 4.98 Å². The molecular formula is C10H15N3O3. The zero-order valence-electron chi connectivity index (χ0n) is 9.14. The summed E-state index contributed by atoms with van der Waals surface area (Å²) in [7, 11) is 1.56. The highest BCUT2D eigenvalue weighted by molar-refractivity contribution is 5.28. The summed E-state index contributed by atoms with van der Waals surface area (Å²) < 4.78 is 10.1. The molecule has 1 fully saturated rings. The third-order valence-electron chi connectivity index (χ3n) is 2.61. The van der Waals surface area contributed by atoms with Gasteiger partial charge in [0.2, 0.25) is 11.8 Å². The zero-order chi connectivity index (χ0) is 11.4. The SMILES string of the molecule is COc1ccnc(NCC2(CO)COC2)n1. The highest BCUT2D eigenvalue weighted by atomic mass is 16.5. The van der Waals surface area contributed by atoms with E-state index in [1.807, 2.05) is 0 Å². The first-order chi connectivity index (χ1) is 7.78. The number of nitrogens with zero attached hydrogens (tertiary/aromatic N) is 2. The van der Waals surface area contributed by atoms with Crippen LogP contribution >= 0.6 is 0 Å². The largest absolute Gasteiger partial charge is 0.481 e. The molecule has 0 radical (unpaired) electrons. The number of aliphatic hydroxyl groups is 1. The van der Waals surface area contributed by atoms with Crippen LogP contribution in [0.4, 0.5) is 5.95 Å². The van der Waals surface area contributed by atoms with Crippen molar-refractivity contribution in [1.82, 2.24) is 9.97 Å². The molecular weight excluding hydrogens is 210 g/mol. The lowest BCUT2D eigenvalue weighted by molar-refractivity contribution is -0.128. The summed E-state index contributed by atoms with van der Waals surface area (Å²) in [6.07, 6.45) is 1.62. The molecule has 0 spiro atoms. The lowest BCUT2D eigenvalue weighted by Gasteiger charge is -2.39. The molecule has 1 saturated heterocycles. The Bertz CT molecular complexity index is 349. The van der Waals surface area contributed by atoms with Gasteiger partial charge in [-0.2, -0.15) is 4.98 Å². The first-order valence-corrected chi connectivity index (χ1v) is 5.07. The number of nitrogens with one attached hydrogen (secondary N) is 1. The predicted molar refractivity (Wildman–Crippen MR) is 57.4 cm³/mol. The number of aromatic nitrogens is 2. The molecule has 1 aliphatic rings. The molecule has 2 rings (SSSR count). The number of hydrogen-bond donors (Lipinski definition) is 2. The highest BCUT2D eigenvalue weighted by Crippen LogP contribution is 2.26. The molecule has 2 N–H and O–H groups in total. The van der Waals surface area contributed by atoms with E-state index in [1.165, 1.54) is 0 Å². The van der Waals surface area contributed by atoms with Crippen molar-refractivity contribution in [2.24, 2.45) is 5.41 Å². The third-order valence-corrected chi connectivity index (χ3v) is 2.61. The molecule has 6 nitrogen and oxygen atoms in total. The summed E-state index contributed by atoms with van der Waals surface area (Å²) in [6, 6.07) is 1.68. The maximum atomic E-state index is 9.23. The minimum Gasteiger partial charge on any atom is -0.481 e. The molecule has 0 atom stereocenters. The molecule has 2 heterocycles. The number of rotatable bonds is 5. The number of ether oxygens (including phenoxy) is 2. The van der Waals surface area contributed by atoms with Crippen molar-refractivity contribution in [3.05, 3.63) is 12.3 Å². The van der Waals surface area contributed by atoms with Gasteiger partial charge >= 0.3 is 0 Å². The Morgan fingerprint density at radius 1 is 1.62 bits per heavy atom. The van der Waals surface area contributed by atoms with E-state index in [0.717, 1.165) is 0 Å². The quantitative estimate of drug-likeness (QED) is 0.729. The summed E-state index contributed by atoms with van der Waals surface area (Å²) in [5.41, 5.74) is -0.188. The van der Waals surface area contributed by atoms with Crippen LogP contribution in [-0.4, -0.2) is 48.5 Å². The van der Waals surface area contributed by atoms with Gasteiger partial charge in [0.1, 0.15) is 0 Å². The fraction of sp³-hybridized carbons (Fsp3) is 0.600. The number of anilines is 1. The van der Waals surface area contributed by atoms with Gasteiger partial charge in [0.15, 0.2) is 0 Å². The Labute approximate surface area is 93.6 Å². The standard InChI is InChI=1S/C10H15N3O3/c1-15-8-2-3-11-9(13-8)12-4-10(5-14)6-16-7-10/h2-3,14H,4-7H2,1H3,(H,11,12,13). The smallest absolute Gasteiger partial charge is 0.225 e. The normalized spacial score (nSPS) is 17.6. The van der Waals surface area contributed by atoms with E-state index < -0.39 is 0 Å². The maximum Gasteiger partial charge on any atom is 0.225 e. The van der Waals surface area contributed by atoms with Crippen LogP contribution in [0.1, 0.15) is 0 Å². The van der Waals surface area contributed by atoms with Gasteiger partial charge in [0, 0.05) is 18.8 Å². The minimum absolute atomic E-state index is 0.101. The van der Waals surface area contributed by atoms with Gasteiger partial charge in [0.25, 0.3) is 0 Å². The lowest BCUT2D eigenvalue weighted by atomic mass is 9.87. The first-order valence-electron chi connectivity index (χ1n) is 5.07. The Balaban J connectivity index is 1.93. The maximum absolute atomic E-state index is 9.23. The molecule has 1 aromatic heterocycles. The average molecular weight is 225 g/mol. The second kappa shape index (κ2) is 4.63. The van der Waals surface area contributed by atoms with E-state index in [-0.39, 0.29) is 12.0 Å². The van der Waals surface area contributed by atoms with Crippen LogP contribution in [0, 0.1) is 5.41 Å². The molecule has 6 heteroatoms. The predicted octanol–water partition coefficient (Wildman–Crippen LogP) is -0.0940. The van der Waals surface area contributed by atoms with Crippen LogP contribution in [0.2, 0.25) is 0 Å². The van der Waals surface area contributed by atoms with E-state index in [2.05, 4.69) is 15.3 Å². The summed E-state index contributed by atoms with van der Waals surface area (Å²) in [5.74, 6) is 1.01. The molecule has 0 amide bonds. The molecule has 1 aromatic rings. The number of aliphatic hydroxyl groups excluding tert-OH is 1. The second-order valence-corrected chi connectivity index (χ2v) is 3.93. The second-order valence-electron chi connectivity index (χ2n) is 3.93. The molecule has 88 valence electrons. The molecule has 0 aromatic carbocycles. The van der Waals surface area contributed by atoms with Gasteiger partial charge in [0.05, 0.1) is 32.3 Å². The topological polar surface area (TPSA) is 76.5 Å². The molecule has 0 saturated carbocycles. The zero-order valence-corrected chi connectivity index (χ0v) is 9.14. The van der Waals surface area contributed by atoms with Crippen molar-refractivity contribution in [1.29, 1.82) is 0 Å². The van der Waals surface area contributed by atoms with Crippen LogP contribution in [-0.2, 0) is 4.74 Å².